The molecule has 0 unspecified atom stereocenters. The number of hydrogen-bond acceptors (Lipinski definition) is 3. The Morgan fingerprint density at radius 2 is 1.95 bits per heavy atom. The van der Waals surface area contributed by atoms with Crippen molar-refractivity contribution in [3.8, 4) is 5.69 Å². The Kier molecular flexibility index (Phi) is 3.30. The Morgan fingerprint density at radius 1 is 1.20 bits per heavy atom. The van der Waals surface area contributed by atoms with Gasteiger partial charge in [-0.3, -0.25) is 4.98 Å². The van der Waals surface area contributed by atoms with E-state index in [2.05, 4.69) is 41.9 Å². The molecule has 0 aliphatic heterocycles. The number of hydrogen-bond donors (Lipinski definition) is 1. The number of halogens is 2. The lowest BCUT2D eigenvalue weighted by atomic mass is 10.1. The summed E-state index contributed by atoms with van der Waals surface area (Å²) in [6.07, 6.45) is 1.77. The van der Waals surface area contributed by atoms with Crippen molar-refractivity contribution in [1.82, 2.24) is 14.8 Å². The number of aromatic nitrogens is 3. The summed E-state index contributed by atoms with van der Waals surface area (Å²) >= 11 is 6.98. The summed E-state index contributed by atoms with van der Waals surface area (Å²) in [7, 11) is 0. The second-order valence-corrected chi connectivity index (χ2v) is 6.33. The van der Waals surface area contributed by atoms with Crippen molar-refractivity contribution in [3.63, 3.8) is 0 Å². The summed E-state index contributed by atoms with van der Waals surface area (Å²) in [5, 5.41) is 5.48. The number of benzene rings is 1. The van der Waals surface area contributed by atoms with Crippen LogP contribution in [0.1, 0.15) is 11.4 Å². The molecule has 0 atom stereocenters. The van der Waals surface area contributed by atoms with E-state index in [-0.39, 0.29) is 0 Å². The van der Waals surface area contributed by atoms with Gasteiger partial charge in [0.2, 0.25) is 0 Å². The minimum atomic E-state index is 0.707. The molecule has 0 bridgehead atoms. The van der Waals surface area contributed by atoms with Gasteiger partial charge in [0.25, 0.3) is 0 Å². The summed E-state index contributed by atoms with van der Waals surface area (Å²) in [5.41, 5.74) is 10.5. The van der Waals surface area contributed by atoms with Gasteiger partial charge in [-0.1, -0.05) is 0 Å². The Labute approximate surface area is 133 Å². The van der Waals surface area contributed by atoms with Gasteiger partial charge < -0.3 is 5.73 Å². The van der Waals surface area contributed by atoms with Crippen molar-refractivity contribution < 1.29 is 0 Å². The van der Waals surface area contributed by atoms with Crippen molar-refractivity contribution >= 4 is 48.5 Å². The van der Waals surface area contributed by atoms with Gasteiger partial charge in [0.05, 0.1) is 27.1 Å². The highest BCUT2D eigenvalue weighted by Gasteiger charge is 2.14. The van der Waals surface area contributed by atoms with Gasteiger partial charge in [-0.2, -0.15) is 5.10 Å². The van der Waals surface area contributed by atoms with E-state index >= 15 is 0 Å². The van der Waals surface area contributed by atoms with E-state index in [9.17, 15) is 0 Å². The molecule has 0 saturated carbocycles. The summed E-state index contributed by atoms with van der Waals surface area (Å²) in [4.78, 5) is 4.49. The highest BCUT2D eigenvalue weighted by Crippen LogP contribution is 2.30. The Hall–Kier alpha value is -1.40. The molecule has 0 aliphatic rings. The van der Waals surface area contributed by atoms with Crippen LogP contribution >= 0.6 is 31.9 Å². The molecule has 4 nitrogen and oxygen atoms in total. The summed E-state index contributed by atoms with van der Waals surface area (Å²) in [6, 6.07) is 5.81. The van der Waals surface area contributed by atoms with Crippen LogP contribution in [0.4, 0.5) is 5.69 Å². The van der Waals surface area contributed by atoms with Gasteiger partial charge in [-0.25, -0.2) is 4.68 Å². The van der Waals surface area contributed by atoms with Crippen LogP contribution in [0.3, 0.4) is 0 Å². The van der Waals surface area contributed by atoms with Gasteiger partial charge >= 0.3 is 0 Å². The molecule has 0 fully saturated rings. The van der Waals surface area contributed by atoms with E-state index in [1.165, 1.54) is 0 Å². The molecule has 2 heterocycles. The van der Waals surface area contributed by atoms with Crippen LogP contribution in [0.2, 0.25) is 0 Å². The molecule has 20 heavy (non-hydrogen) atoms. The third-order valence-corrected chi connectivity index (χ3v) is 4.84. The molecule has 0 radical (unpaired) electrons. The van der Waals surface area contributed by atoms with Gasteiger partial charge in [0, 0.05) is 21.7 Å². The van der Waals surface area contributed by atoms with E-state index in [4.69, 9.17) is 5.73 Å². The first kappa shape index (κ1) is 13.6. The maximum atomic E-state index is 6.05. The molecular weight excluding hydrogens is 384 g/mol. The van der Waals surface area contributed by atoms with Crippen LogP contribution in [-0.2, 0) is 0 Å². The quantitative estimate of drug-likeness (QED) is 0.629. The molecule has 3 aromatic rings. The van der Waals surface area contributed by atoms with Gasteiger partial charge in [-0.05, 0) is 63.9 Å². The Bertz CT molecular complexity index is 824. The summed E-state index contributed by atoms with van der Waals surface area (Å²) < 4.78 is 3.81. The molecule has 1 aromatic carbocycles. The third kappa shape index (κ3) is 2.03. The summed E-state index contributed by atoms with van der Waals surface area (Å²) in [6.45, 7) is 3.99. The second kappa shape index (κ2) is 4.86. The molecule has 0 saturated heterocycles. The highest BCUT2D eigenvalue weighted by atomic mass is 79.9. The molecule has 0 amide bonds. The van der Waals surface area contributed by atoms with Gasteiger partial charge in [-0.15, -0.1) is 0 Å². The molecule has 2 N–H and O–H groups in total. The van der Waals surface area contributed by atoms with E-state index in [0.29, 0.717) is 5.69 Å². The zero-order valence-electron chi connectivity index (χ0n) is 11.0. The fraction of sp³-hybridized carbons (Fsp3) is 0.143. The number of aryl methyl sites for hydroxylation is 1. The standard InChI is InChI=1S/C14H12Br2N4/c1-7-13(16)8(2)20(19-7)12-4-3-11(17)10-5-9(15)6-18-14(10)12/h3-6H,17H2,1-2H3. The van der Waals surface area contributed by atoms with Crippen molar-refractivity contribution in [2.45, 2.75) is 13.8 Å². The lowest BCUT2D eigenvalue weighted by molar-refractivity contribution is 0.837. The monoisotopic (exact) mass is 394 g/mol. The molecule has 102 valence electrons. The predicted octanol–water partition coefficient (Wildman–Crippen LogP) is 4.14. The van der Waals surface area contributed by atoms with Crippen molar-refractivity contribution in [3.05, 3.63) is 44.7 Å². The van der Waals surface area contributed by atoms with Crippen molar-refractivity contribution in [1.29, 1.82) is 0 Å². The van der Waals surface area contributed by atoms with Gasteiger partial charge in [0.15, 0.2) is 0 Å². The first-order chi connectivity index (χ1) is 9.49. The smallest absolute Gasteiger partial charge is 0.0980 e. The van der Waals surface area contributed by atoms with Crippen LogP contribution in [0.25, 0.3) is 16.6 Å². The zero-order valence-corrected chi connectivity index (χ0v) is 14.2. The van der Waals surface area contributed by atoms with Crippen LogP contribution < -0.4 is 5.73 Å². The average Bonchev–Trinajstić information content (AvgIpc) is 2.68. The molecule has 2 aromatic heterocycles. The van der Waals surface area contributed by atoms with Crippen molar-refractivity contribution in [2.75, 3.05) is 5.73 Å². The largest absolute Gasteiger partial charge is 0.398 e. The molecule has 6 heteroatoms. The van der Waals surface area contributed by atoms with Crippen LogP contribution in [0, 0.1) is 13.8 Å². The average molecular weight is 396 g/mol. The fourth-order valence-corrected chi connectivity index (χ4v) is 2.81. The topological polar surface area (TPSA) is 56.7 Å². The minimum Gasteiger partial charge on any atom is -0.398 e. The lowest BCUT2D eigenvalue weighted by Crippen LogP contribution is -2.02. The normalized spacial score (nSPS) is 11.2. The SMILES string of the molecule is Cc1nn(-c2ccc(N)c3cc(Br)cnc23)c(C)c1Br. The van der Waals surface area contributed by atoms with E-state index in [1.54, 1.807) is 6.20 Å². The fourth-order valence-electron chi connectivity index (χ4n) is 2.23. The van der Waals surface area contributed by atoms with E-state index < -0.39 is 0 Å². The molecular formula is C14H12Br2N4. The van der Waals surface area contributed by atoms with Crippen LogP contribution in [-0.4, -0.2) is 14.8 Å². The number of pyridine rings is 1. The van der Waals surface area contributed by atoms with E-state index in [1.807, 2.05) is 36.7 Å². The summed E-state index contributed by atoms with van der Waals surface area (Å²) in [5.74, 6) is 0. The lowest BCUT2D eigenvalue weighted by Gasteiger charge is -2.10. The first-order valence-electron chi connectivity index (χ1n) is 6.05. The van der Waals surface area contributed by atoms with Crippen LogP contribution in [0.5, 0.6) is 0 Å². The number of anilines is 1. The van der Waals surface area contributed by atoms with E-state index in [0.717, 1.165) is 36.9 Å². The molecule has 3 rings (SSSR count). The highest BCUT2D eigenvalue weighted by molar-refractivity contribution is 9.10. The maximum absolute atomic E-state index is 6.05. The van der Waals surface area contributed by atoms with Crippen molar-refractivity contribution in [2.24, 2.45) is 0 Å². The Balaban J connectivity index is 2.37. The van der Waals surface area contributed by atoms with Crippen LogP contribution in [0.15, 0.2) is 33.3 Å². The first-order valence-corrected chi connectivity index (χ1v) is 7.63. The number of rotatable bonds is 1. The Morgan fingerprint density at radius 3 is 2.60 bits per heavy atom. The second-order valence-electron chi connectivity index (χ2n) is 4.62. The third-order valence-electron chi connectivity index (χ3n) is 3.26. The number of nitrogens with zero attached hydrogens (tertiary/aromatic N) is 3. The van der Waals surface area contributed by atoms with Gasteiger partial charge in [0.1, 0.15) is 0 Å². The molecule has 0 spiro atoms. The maximum Gasteiger partial charge on any atom is 0.0980 e. The predicted molar refractivity (Wildman–Crippen MR) is 88.2 cm³/mol. The number of nitrogen functional groups attached to an aromatic ring is 1. The zero-order chi connectivity index (χ0) is 14.4. The number of nitrogens with two attached hydrogens (primary N) is 1. The molecule has 0 aliphatic carbocycles. The minimum absolute atomic E-state index is 0.707. The number of fused-ring (bicyclic) bond motifs is 1.